The zero-order valence-corrected chi connectivity index (χ0v) is 8.45. The van der Waals surface area contributed by atoms with E-state index >= 15 is 0 Å². The van der Waals surface area contributed by atoms with E-state index < -0.39 is 0 Å². The summed E-state index contributed by atoms with van der Waals surface area (Å²) in [6.07, 6.45) is 5.02. The van der Waals surface area contributed by atoms with E-state index in [0.29, 0.717) is 0 Å². The summed E-state index contributed by atoms with van der Waals surface area (Å²) in [5.41, 5.74) is 2.11. The van der Waals surface area contributed by atoms with Crippen molar-refractivity contribution in [2.24, 2.45) is 0 Å². The topological polar surface area (TPSA) is 40.0 Å². The maximum atomic E-state index is 7.88. The number of anilines is 1. The number of aryl methyl sites for hydroxylation is 1. The van der Waals surface area contributed by atoms with Gasteiger partial charge in [-0.2, -0.15) is 0 Å². The SMILES string of the molecule is Cc1ncccc1N1CCCCC1=N. The Balaban J connectivity index is 2.29. The van der Waals surface area contributed by atoms with Crippen LogP contribution in [0.4, 0.5) is 5.69 Å². The highest BCUT2D eigenvalue weighted by Crippen LogP contribution is 2.22. The molecule has 74 valence electrons. The number of amidine groups is 1. The van der Waals surface area contributed by atoms with Gasteiger partial charge in [0.15, 0.2) is 0 Å². The second kappa shape index (κ2) is 3.78. The van der Waals surface area contributed by atoms with Gasteiger partial charge in [0, 0.05) is 19.2 Å². The minimum atomic E-state index is 0.729. The number of hydrogen-bond donors (Lipinski definition) is 1. The van der Waals surface area contributed by atoms with E-state index in [4.69, 9.17) is 5.41 Å². The van der Waals surface area contributed by atoms with Crippen LogP contribution >= 0.6 is 0 Å². The molecule has 1 aliphatic heterocycles. The molecule has 3 heteroatoms. The molecule has 1 N–H and O–H groups in total. The molecule has 0 amide bonds. The predicted octanol–water partition coefficient (Wildman–Crippen LogP) is 2.36. The summed E-state index contributed by atoms with van der Waals surface area (Å²) in [7, 11) is 0. The Kier molecular flexibility index (Phi) is 2.48. The molecular formula is C11H15N3. The van der Waals surface area contributed by atoms with Crippen LogP contribution in [0.25, 0.3) is 0 Å². The Morgan fingerprint density at radius 2 is 2.29 bits per heavy atom. The average Bonchev–Trinajstić information content (AvgIpc) is 2.20. The Labute approximate surface area is 84.3 Å². The van der Waals surface area contributed by atoms with E-state index in [9.17, 15) is 0 Å². The lowest BCUT2D eigenvalue weighted by molar-refractivity contribution is 0.705. The van der Waals surface area contributed by atoms with Gasteiger partial charge in [0.05, 0.1) is 11.4 Å². The lowest BCUT2D eigenvalue weighted by Crippen LogP contribution is -2.35. The van der Waals surface area contributed by atoms with E-state index in [0.717, 1.165) is 36.6 Å². The fraction of sp³-hybridized carbons (Fsp3) is 0.455. The largest absolute Gasteiger partial charge is 0.329 e. The molecule has 1 saturated heterocycles. The van der Waals surface area contributed by atoms with Gasteiger partial charge >= 0.3 is 0 Å². The van der Waals surface area contributed by atoms with Crippen molar-refractivity contribution in [2.45, 2.75) is 26.2 Å². The first-order chi connectivity index (χ1) is 6.79. The molecule has 1 aliphatic rings. The van der Waals surface area contributed by atoms with Gasteiger partial charge in [0.25, 0.3) is 0 Å². The van der Waals surface area contributed by atoms with Crippen LogP contribution in [0.15, 0.2) is 18.3 Å². The Morgan fingerprint density at radius 1 is 1.43 bits per heavy atom. The van der Waals surface area contributed by atoms with E-state index in [1.165, 1.54) is 6.42 Å². The molecule has 2 heterocycles. The molecule has 0 aromatic carbocycles. The highest BCUT2D eigenvalue weighted by molar-refractivity contribution is 5.96. The summed E-state index contributed by atoms with van der Waals surface area (Å²) in [5, 5.41) is 7.88. The van der Waals surface area contributed by atoms with Crippen molar-refractivity contribution >= 4 is 11.5 Å². The Hall–Kier alpha value is -1.38. The maximum absolute atomic E-state index is 7.88. The second-order valence-corrected chi connectivity index (χ2v) is 3.66. The second-order valence-electron chi connectivity index (χ2n) is 3.66. The van der Waals surface area contributed by atoms with Gasteiger partial charge < -0.3 is 4.90 Å². The Morgan fingerprint density at radius 3 is 3.00 bits per heavy atom. The molecule has 1 fully saturated rings. The van der Waals surface area contributed by atoms with E-state index in [1.54, 1.807) is 6.20 Å². The van der Waals surface area contributed by atoms with Crippen molar-refractivity contribution in [1.29, 1.82) is 5.41 Å². The summed E-state index contributed by atoms with van der Waals surface area (Å²) in [6.45, 7) is 2.96. The molecule has 0 atom stereocenters. The molecule has 0 aliphatic carbocycles. The van der Waals surface area contributed by atoms with Crippen LogP contribution in [0.3, 0.4) is 0 Å². The molecule has 1 aromatic rings. The zero-order valence-electron chi connectivity index (χ0n) is 8.45. The molecule has 0 saturated carbocycles. The molecular weight excluding hydrogens is 174 g/mol. The molecule has 3 nitrogen and oxygen atoms in total. The van der Waals surface area contributed by atoms with Gasteiger partial charge in [-0.15, -0.1) is 0 Å². The van der Waals surface area contributed by atoms with Crippen LogP contribution in [-0.4, -0.2) is 17.4 Å². The molecule has 14 heavy (non-hydrogen) atoms. The summed E-state index contributed by atoms with van der Waals surface area (Å²) < 4.78 is 0. The molecule has 0 spiro atoms. The molecule has 1 aromatic heterocycles. The normalized spacial score (nSPS) is 17.2. The molecule has 0 bridgehead atoms. The average molecular weight is 189 g/mol. The van der Waals surface area contributed by atoms with Gasteiger partial charge in [-0.3, -0.25) is 10.4 Å². The van der Waals surface area contributed by atoms with Gasteiger partial charge in [0.1, 0.15) is 5.84 Å². The van der Waals surface area contributed by atoms with Crippen molar-refractivity contribution in [3.63, 3.8) is 0 Å². The van der Waals surface area contributed by atoms with Gasteiger partial charge in [-0.05, 0) is 31.9 Å². The third-order valence-corrected chi connectivity index (χ3v) is 2.64. The number of nitrogens with zero attached hydrogens (tertiary/aromatic N) is 2. The summed E-state index contributed by atoms with van der Waals surface area (Å²) in [5.74, 6) is 0.729. The van der Waals surface area contributed by atoms with E-state index in [-0.39, 0.29) is 0 Å². The van der Waals surface area contributed by atoms with Crippen LogP contribution in [0.1, 0.15) is 25.0 Å². The predicted molar refractivity (Wildman–Crippen MR) is 57.9 cm³/mol. The number of pyridine rings is 1. The van der Waals surface area contributed by atoms with Gasteiger partial charge in [-0.1, -0.05) is 0 Å². The van der Waals surface area contributed by atoms with Crippen molar-refractivity contribution in [2.75, 3.05) is 11.4 Å². The highest BCUT2D eigenvalue weighted by Gasteiger charge is 2.17. The number of hydrogen-bond acceptors (Lipinski definition) is 2. The lowest BCUT2D eigenvalue weighted by Gasteiger charge is -2.30. The van der Waals surface area contributed by atoms with Crippen molar-refractivity contribution in [3.8, 4) is 0 Å². The quantitative estimate of drug-likeness (QED) is 0.736. The first-order valence-corrected chi connectivity index (χ1v) is 5.05. The zero-order chi connectivity index (χ0) is 9.97. The fourth-order valence-corrected chi connectivity index (χ4v) is 1.86. The third kappa shape index (κ3) is 1.62. The standard InChI is InChI=1S/C11H15N3/c1-9-10(5-4-7-13-9)14-8-3-2-6-11(14)12/h4-5,7,12H,2-3,6,8H2,1H3. The van der Waals surface area contributed by atoms with Crippen LogP contribution < -0.4 is 4.90 Å². The number of rotatable bonds is 1. The fourth-order valence-electron chi connectivity index (χ4n) is 1.86. The monoisotopic (exact) mass is 189 g/mol. The van der Waals surface area contributed by atoms with Crippen molar-refractivity contribution in [1.82, 2.24) is 4.98 Å². The van der Waals surface area contributed by atoms with Gasteiger partial charge in [-0.25, -0.2) is 0 Å². The maximum Gasteiger partial charge on any atom is 0.100 e. The highest BCUT2D eigenvalue weighted by atomic mass is 15.2. The first kappa shape index (κ1) is 9.19. The van der Waals surface area contributed by atoms with Crippen LogP contribution in [-0.2, 0) is 0 Å². The third-order valence-electron chi connectivity index (χ3n) is 2.64. The molecule has 0 radical (unpaired) electrons. The summed E-state index contributed by atoms with van der Waals surface area (Å²) >= 11 is 0. The van der Waals surface area contributed by atoms with E-state index in [1.807, 2.05) is 19.1 Å². The molecule has 2 rings (SSSR count). The summed E-state index contributed by atoms with van der Waals surface area (Å²) in [4.78, 5) is 6.33. The summed E-state index contributed by atoms with van der Waals surface area (Å²) in [6, 6.07) is 3.98. The van der Waals surface area contributed by atoms with E-state index in [2.05, 4.69) is 9.88 Å². The van der Waals surface area contributed by atoms with Crippen LogP contribution in [0.2, 0.25) is 0 Å². The number of aromatic nitrogens is 1. The van der Waals surface area contributed by atoms with Crippen LogP contribution in [0.5, 0.6) is 0 Å². The molecule has 0 unspecified atom stereocenters. The van der Waals surface area contributed by atoms with Gasteiger partial charge in [0.2, 0.25) is 0 Å². The van der Waals surface area contributed by atoms with Crippen LogP contribution in [0, 0.1) is 12.3 Å². The van der Waals surface area contributed by atoms with Crippen molar-refractivity contribution in [3.05, 3.63) is 24.0 Å². The van der Waals surface area contributed by atoms with Crippen molar-refractivity contribution < 1.29 is 0 Å². The minimum absolute atomic E-state index is 0.729. The smallest absolute Gasteiger partial charge is 0.100 e. The minimum Gasteiger partial charge on any atom is -0.329 e. The number of nitrogens with one attached hydrogen (secondary N) is 1. The number of piperidine rings is 1. The first-order valence-electron chi connectivity index (χ1n) is 5.05. The lowest BCUT2D eigenvalue weighted by atomic mass is 10.1. The Bertz CT molecular complexity index is 346.